The Morgan fingerprint density at radius 2 is 1.92 bits per heavy atom. The molecule has 2 atom stereocenters. The number of pyridine rings is 1. The van der Waals surface area contributed by atoms with Gasteiger partial charge in [-0.15, -0.1) is 0 Å². The molecular weight excluding hydrogens is 326 g/mol. The SMILES string of the molecule is Cc1cc(C)nc(Nc2cc(N[C@@H]3CCCC[C@@H]3N)ccc2C(N)=O)c1. The molecule has 0 bridgehead atoms. The summed E-state index contributed by atoms with van der Waals surface area (Å²) in [6.07, 6.45) is 4.46. The zero-order chi connectivity index (χ0) is 18.7. The van der Waals surface area contributed by atoms with Crippen LogP contribution in [0, 0.1) is 13.8 Å². The van der Waals surface area contributed by atoms with Gasteiger partial charge in [-0.3, -0.25) is 4.79 Å². The number of hydrogen-bond acceptors (Lipinski definition) is 5. The summed E-state index contributed by atoms with van der Waals surface area (Å²) in [6.45, 7) is 3.95. The molecule has 0 unspecified atom stereocenters. The molecule has 0 spiro atoms. The Balaban J connectivity index is 1.87. The van der Waals surface area contributed by atoms with Crippen molar-refractivity contribution in [3.63, 3.8) is 0 Å². The third-order valence-corrected chi connectivity index (χ3v) is 4.82. The second kappa shape index (κ2) is 7.74. The van der Waals surface area contributed by atoms with E-state index < -0.39 is 5.91 Å². The maximum absolute atomic E-state index is 11.8. The quantitative estimate of drug-likeness (QED) is 0.660. The van der Waals surface area contributed by atoms with Gasteiger partial charge in [0.25, 0.3) is 5.91 Å². The highest BCUT2D eigenvalue weighted by Gasteiger charge is 2.22. The van der Waals surface area contributed by atoms with Crippen LogP contribution >= 0.6 is 0 Å². The summed E-state index contributed by atoms with van der Waals surface area (Å²) in [6, 6.07) is 9.86. The molecule has 0 radical (unpaired) electrons. The van der Waals surface area contributed by atoms with Gasteiger partial charge in [0, 0.05) is 23.5 Å². The molecule has 6 nitrogen and oxygen atoms in total. The van der Waals surface area contributed by atoms with E-state index in [1.165, 1.54) is 12.8 Å². The minimum Gasteiger partial charge on any atom is -0.381 e. The summed E-state index contributed by atoms with van der Waals surface area (Å²) in [5, 5.41) is 6.75. The largest absolute Gasteiger partial charge is 0.381 e. The van der Waals surface area contributed by atoms with Gasteiger partial charge in [0.1, 0.15) is 5.82 Å². The normalized spacial score (nSPS) is 19.8. The molecule has 1 aromatic carbocycles. The van der Waals surface area contributed by atoms with Crippen molar-refractivity contribution in [2.24, 2.45) is 11.5 Å². The molecule has 26 heavy (non-hydrogen) atoms. The van der Waals surface area contributed by atoms with Crippen molar-refractivity contribution in [3.8, 4) is 0 Å². The van der Waals surface area contributed by atoms with E-state index in [0.717, 1.165) is 29.8 Å². The van der Waals surface area contributed by atoms with E-state index in [4.69, 9.17) is 11.5 Å². The molecule has 1 saturated carbocycles. The third-order valence-electron chi connectivity index (χ3n) is 4.82. The van der Waals surface area contributed by atoms with E-state index in [1.807, 2.05) is 38.1 Å². The predicted octanol–water partition coefficient (Wildman–Crippen LogP) is 3.22. The Morgan fingerprint density at radius 1 is 1.15 bits per heavy atom. The zero-order valence-electron chi connectivity index (χ0n) is 15.4. The molecule has 3 rings (SSSR count). The first-order chi connectivity index (χ1) is 12.4. The number of anilines is 3. The fourth-order valence-electron chi connectivity index (χ4n) is 3.55. The first kappa shape index (κ1) is 18.2. The number of benzene rings is 1. The van der Waals surface area contributed by atoms with Gasteiger partial charge in [0.15, 0.2) is 0 Å². The van der Waals surface area contributed by atoms with Crippen molar-refractivity contribution in [3.05, 3.63) is 47.2 Å². The monoisotopic (exact) mass is 353 g/mol. The van der Waals surface area contributed by atoms with Gasteiger partial charge in [0.2, 0.25) is 0 Å². The zero-order valence-corrected chi connectivity index (χ0v) is 15.4. The number of carbonyl (C=O) groups excluding carboxylic acids is 1. The average molecular weight is 353 g/mol. The Bertz CT molecular complexity index is 785. The van der Waals surface area contributed by atoms with Crippen LogP contribution in [0.25, 0.3) is 0 Å². The highest BCUT2D eigenvalue weighted by Crippen LogP contribution is 2.27. The van der Waals surface area contributed by atoms with Gasteiger partial charge in [0.05, 0.1) is 11.3 Å². The highest BCUT2D eigenvalue weighted by atomic mass is 16.1. The average Bonchev–Trinajstić information content (AvgIpc) is 2.56. The summed E-state index contributed by atoms with van der Waals surface area (Å²) < 4.78 is 0. The number of aromatic nitrogens is 1. The highest BCUT2D eigenvalue weighted by molar-refractivity contribution is 5.99. The lowest BCUT2D eigenvalue weighted by Crippen LogP contribution is -2.42. The van der Waals surface area contributed by atoms with E-state index >= 15 is 0 Å². The maximum Gasteiger partial charge on any atom is 0.250 e. The maximum atomic E-state index is 11.8. The molecule has 6 N–H and O–H groups in total. The van der Waals surface area contributed by atoms with Crippen molar-refractivity contribution < 1.29 is 4.79 Å². The van der Waals surface area contributed by atoms with Crippen LogP contribution in [-0.4, -0.2) is 23.0 Å². The van der Waals surface area contributed by atoms with Crippen molar-refractivity contribution in [2.75, 3.05) is 10.6 Å². The van der Waals surface area contributed by atoms with E-state index in [9.17, 15) is 4.79 Å². The third kappa shape index (κ3) is 4.32. The molecule has 1 heterocycles. The molecule has 1 aromatic heterocycles. The lowest BCUT2D eigenvalue weighted by Gasteiger charge is -2.30. The molecule has 1 aliphatic rings. The Morgan fingerprint density at radius 3 is 2.62 bits per heavy atom. The Kier molecular flexibility index (Phi) is 5.42. The van der Waals surface area contributed by atoms with E-state index in [-0.39, 0.29) is 12.1 Å². The molecule has 1 fully saturated rings. The molecule has 1 amide bonds. The Hall–Kier alpha value is -2.60. The Labute approximate surface area is 154 Å². The second-order valence-corrected chi connectivity index (χ2v) is 7.12. The topological polar surface area (TPSA) is 106 Å². The minimum absolute atomic E-state index is 0.150. The number of aryl methyl sites for hydroxylation is 2. The number of primary amides is 1. The van der Waals surface area contributed by atoms with Gasteiger partial charge in [-0.25, -0.2) is 4.98 Å². The van der Waals surface area contributed by atoms with Crippen molar-refractivity contribution in [1.82, 2.24) is 4.98 Å². The minimum atomic E-state index is -0.474. The number of amides is 1. The predicted molar refractivity (Wildman–Crippen MR) is 106 cm³/mol. The van der Waals surface area contributed by atoms with Gasteiger partial charge in [-0.2, -0.15) is 0 Å². The molecule has 6 heteroatoms. The van der Waals surface area contributed by atoms with E-state index in [0.29, 0.717) is 17.1 Å². The fraction of sp³-hybridized carbons (Fsp3) is 0.400. The number of rotatable bonds is 5. The fourth-order valence-corrected chi connectivity index (χ4v) is 3.55. The summed E-state index contributed by atoms with van der Waals surface area (Å²) >= 11 is 0. The summed E-state index contributed by atoms with van der Waals surface area (Å²) in [5.41, 5.74) is 15.8. The van der Waals surface area contributed by atoms with Crippen LogP contribution in [0.1, 0.15) is 47.3 Å². The lowest BCUT2D eigenvalue weighted by atomic mass is 9.91. The number of nitrogens with two attached hydrogens (primary N) is 2. The van der Waals surface area contributed by atoms with Gasteiger partial charge < -0.3 is 22.1 Å². The molecule has 0 aliphatic heterocycles. The second-order valence-electron chi connectivity index (χ2n) is 7.12. The molecule has 0 saturated heterocycles. The van der Waals surface area contributed by atoms with E-state index in [2.05, 4.69) is 15.6 Å². The van der Waals surface area contributed by atoms with Crippen LogP contribution in [-0.2, 0) is 0 Å². The summed E-state index contributed by atoms with van der Waals surface area (Å²) in [7, 11) is 0. The van der Waals surface area contributed by atoms with Crippen LogP contribution in [0.2, 0.25) is 0 Å². The van der Waals surface area contributed by atoms with E-state index in [1.54, 1.807) is 6.07 Å². The first-order valence-electron chi connectivity index (χ1n) is 9.10. The van der Waals surface area contributed by atoms with Crippen molar-refractivity contribution in [1.29, 1.82) is 0 Å². The summed E-state index contributed by atoms with van der Waals surface area (Å²) in [5.74, 6) is 0.217. The van der Waals surface area contributed by atoms with Crippen LogP contribution < -0.4 is 22.1 Å². The first-order valence-corrected chi connectivity index (χ1v) is 9.10. The van der Waals surface area contributed by atoms with Gasteiger partial charge in [-0.1, -0.05) is 12.8 Å². The summed E-state index contributed by atoms with van der Waals surface area (Å²) in [4.78, 5) is 16.3. The van der Waals surface area contributed by atoms with Crippen molar-refractivity contribution in [2.45, 2.75) is 51.6 Å². The molecule has 2 aromatic rings. The smallest absolute Gasteiger partial charge is 0.250 e. The molecular formula is C20H27N5O. The van der Waals surface area contributed by atoms with Crippen molar-refractivity contribution >= 4 is 23.1 Å². The number of hydrogen-bond donors (Lipinski definition) is 4. The standard InChI is InChI=1S/C20H27N5O/c1-12-9-13(2)23-19(10-12)25-18-11-14(7-8-15(18)20(22)26)24-17-6-4-3-5-16(17)21/h7-11,16-17,24H,3-6,21H2,1-2H3,(H2,22,26)(H,23,25)/t16-,17+/m0/s1. The van der Waals surface area contributed by atoms with Crippen LogP contribution in [0.5, 0.6) is 0 Å². The molecule has 138 valence electrons. The lowest BCUT2D eigenvalue weighted by molar-refractivity contribution is 0.100. The molecule has 1 aliphatic carbocycles. The van der Waals surface area contributed by atoms with Gasteiger partial charge in [-0.05, 0) is 62.6 Å². The number of nitrogens with one attached hydrogen (secondary N) is 2. The number of nitrogens with zero attached hydrogens (tertiary/aromatic N) is 1. The number of carbonyl (C=O) groups is 1. The van der Waals surface area contributed by atoms with Crippen LogP contribution in [0.15, 0.2) is 30.3 Å². The van der Waals surface area contributed by atoms with Crippen LogP contribution in [0.4, 0.5) is 17.2 Å². The van der Waals surface area contributed by atoms with Gasteiger partial charge >= 0.3 is 0 Å². The van der Waals surface area contributed by atoms with Crippen LogP contribution in [0.3, 0.4) is 0 Å².